The second-order valence-electron chi connectivity index (χ2n) is 6.05. The van der Waals surface area contributed by atoms with Gasteiger partial charge in [-0.1, -0.05) is 12.1 Å². The van der Waals surface area contributed by atoms with Gasteiger partial charge in [-0.05, 0) is 68.8 Å². The highest BCUT2D eigenvalue weighted by Crippen LogP contribution is 2.18. The minimum absolute atomic E-state index is 0.0800. The van der Waals surface area contributed by atoms with Crippen molar-refractivity contribution in [2.75, 3.05) is 13.1 Å². The standard InChI is InChI=1S/C16H23IN2O2/c1-6-19(10-13(20)18-16(3,4)5)15(21)12-9-7-8-11(2)14(12)17/h7-9H,6,10H2,1-5H3,(H,18,20). The maximum Gasteiger partial charge on any atom is 0.255 e. The fourth-order valence-electron chi connectivity index (χ4n) is 1.94. The number of carbonyl (C=O) groups excluding carboxylic acids is 2. The number of aryl methyl sites for hydroxylation is 1. The lowest BCUT2D eigenvalue weighted by atomic mass is 10.1. The second-order valence-corrected chi connectivity index (χ2v) is 7.13. The number of hydrogen-bond donors (Lipinski definition) is 1. The Labute approximate surface area is 140 Å². The van der Waals surface area contributed by atoms with Gasteiger partial charge in [0.2, 0.25) is 5.91 Å². The van der Waals surface area contributed by atoms with Crippen LogP contribution in [0.15, 0.2) is 18.2 Å². The summed E-state index contributed by atoms with van der Waals surface area (Å²) in [5, 5.41) is 2.88. The van der Waals surface area contributed by atoms with Crippen LogP contribution >= 0.6 is 22.6 Å². The Kier molecular flexibility index (Phi) is 6.19. The molecule has 0 saturated carbocycles. The summed E-state index contributed by atoms with van der Waals surface area (Å²) in [5.41, 5.74) is 1.43. The van der Waals surface area contributed by atoms with Gasteiger partial charge in [0.25, 0.3) is 5.91 Å². The summed E-state index contributed by atoms with van der Waals surface area (Å²) in [4.78, 5) is 26.2. The summed E-state index contributed by atoms with van der Waals surface area (Å²) in [5.74, 6) is -0.241. The van der Waals surface area contributed by atoms with E-state index in [9.17, 15) is 9.59 Å². The van der Waals surface area contributed by atoms with Crippen LogP contribution in [0.2, 0.25) is 0 Å². The molecule has 0 atom stereocenters. The molecule has 5 heteroatoms. The monoisotopic (exact) mass is 402 g/mol. The highest BCUT2D eigenvalue weighted by Gasteiger charge is 2.22. The van der Waals surface area contributed by atoms with E-state index < -0.39 is 0 Å². The molecular formula is C16H23IN2O2. The Morgan fingerprint density at radius 1 is 1.29 bits per heavy atom. The Balaban J connectivity index is 2.87. The van der Waals surface area contributed by atoms with Gasteiger partial charge in [0.15, 0.2) is 0 Å². The predicted octanol–water partition coefficient (Wildman–Crippen LogP) is 2.98. The molecule has 0 heterocycles. The molecule has 1 aromatic carbocycles. The van der Waals surface area contributed by atoms with Gasteiger partial charge in [-0.25, -0.2) is 0 Å². The van der Waals surface area contributed by atoms with Gasteiger partial charge < -0.3 is 10.2 Å². The van der Waals surface area contributed by atoms with Crippen molar-refractivity contribution >= 4 is 34.4 Å². The van der Waals surface area contributed by atoms with E-state index in [2.05, 4.69) is 27.9 Å². The SMILES string of the molecule is CCN(CC(=O)NC(C)(C)C)C(=O)c1cccc(C)c1I. The quantitative estimate of drug-likeness (QED) is 0.788. The third-order valence-corrected chi connectivity index (χ3v) is 4.37. The van der Waals surface area contributed by atoms with Gasteiger partial charge in [0, 0.05) is 15.7 Å². The van der Waals surface area contributed by atoms with E-state index in [1.165, 1.54) is 0 Å². The number of nitrogens with zero attached hydrogens (tertiary/aromatic N) is 1. The maximum atomic E-state index is 12.6. The maximum absolute atomic E-state index is 12.6. The minimum atomic E-state index is -0.294. The third-order valence-electron chi connectivity index (χ3n) is 2.94. The Morgan fingerprint density at radius 3 is 2.43 bits per heavy atom. The molecule has 0 aliphatic rings. The first-order chi connectivity index (χ1) is 9.65. The molecule has 1 N–H and O–H groups in total. The van der Waals surface area contributed by atoms with E-state index in [0.29, 0.717) is 12.1 Å². The Bertz CT molecular complexity index is 536. The molecule has 0 spiro atoms. The average molecular weight is 402 g/mol. The van der Waals surface area contributed by atoms with Gasteiger partial charge >= 0.3 is 0 Å². The van der Waals surface area contributed by atoms with Crippen molar-refractivity contribution in [3.8, 4) is 0 Å². The van der Waals surface area contributed by atoms with Crippen molar-refractivity contribution in [3.63, 3.8) is 0 Å². The molecule has 0 aliphatic heterocycles. The molecule has 116 valence electrons. The van der Waals surface area contributed by atoms with Crippen LogP contribution in [-0.4, -0.2) is 35.3 Å². The number of halogens is 1. The molecule has 0 aliphatic carbocycles. The summed E-state index contributed by atoms with van der Waals surface area (Å²) in [6.45, 7) is 10.2. The minimum Gasteiger partial charge on any atom is -0.350 e. The molecule has 1 rings (SSSR count). The van der Waals surface area contributed by atoms with Crippen LogP contribution in [0.1, 0.15) is 43.6 Å². The van der Waals surface area contributed by atoms with E-state index in [1.54, 1.807) is 11.0 Å². The smallest absolute Gasteiger partial charge is 0.255 e. The van der Waals surface area contributed by atoms with Crippen LogP contribution < -0.4 is 5.32 Å². The zero-order valence-electron chi connectivity index (χ0n) is 13.3. The van der Waals surface area contributed by atoms with Crippen LogP contribution in [0.25, 0.3) is 0 Å². The first-order valence-electron chi connectivity index (χ1n) is 7.01. The number of carbonyl (C=O) groups is 2. The number of benzene rings is 1. The third kappa shape index (κ3) is 5.30. The van der Waals surface area contributed by atoms with E-state index in [0.717, 1.165) is 9.13 Å². The highest BCUT2D eigenvalue weighted by atomic mass is 127. The normalized spacial score (nSPS) is 11.1. The van der Waals surface area contributed by atoms with Gasteiger partial charge in [0.1, 0.15) is 0 Å². The molecule has 21 heavy (non-hydrogen) atoms. The van der Waals surface area contributed by atoms with Crippen molar-refractivity contribution in [1.82, 2.24) is 10.2 Å². The van der Waals surface area contributed by atoms with E-state index >= 15 is 0 Å². The number of amides is 2. The molecule has 0 aromatic heterocycles. The molecule has 0 radical (unpaired) electrons. The zero-order valence-corrected chi connectivity index (χ0v) is 15.4. The second kappa shape index (κ2) is 7.24. The zero-order chi connectivity index (χ0) is 16.2. The summed E-state index contributed by atoms with van der Waals surface area (Å²) in [7, 11) is 0. The topological polar surface area (TPSA) is 49.4 Å². The summed E-state index contributed by atoms with van der Waals surface area (Å²) in [6.07, 6.45) is 0. The van der Waals surface area contributed by atoms with Crippen LogP contribution in [0.3, 0.4) is 0 Å². The van der Waals surface area contributed by atoms with E-state index in [4.69, 9.17) is 0 Å². The lowest BCUT2D eigenvalue weighted by Crippen LogP contribution is -2.47. The molecule has 2 amide bonds. The summed E-state index contributed by atoms with van der Waals surface area (Å²) in [6, 6.07) is 5.65. The summed E-state index contributed by atoms with van der Waals surface area (Å²) >= 11 is 2.18. The number of likely N-dealkylation sites (N-methyl/N-ethyl adjacent to an activating group) is 1. The fourth-order valence-corrected chi connectivity index (χ4v) is 2.53. The fraction of sp³-hybridized carbons (Fsp3) is 0.500. The lowest BCUT2D eigenvalue weighted by molar-refractivity contribution is -0.123. The van der Waals surface area contributed by atoms with Crippen LogP contribution in [-0.2, 0) is 4.79 Å². The van der Waals surface area contributed by atoms with Crippen molar-refractivity contribution < 1.29 is 9.59 Å². The predicted molar refractivity (Wildman–Crippen MR) is 93.4 cm³/mol. The van der Waals surface area contributed by atoms with Gasteiger partial charge in [-0.2, -0.15) is 0 Å². The number of hydrogen-bond acceptors (Lipinski definition) is 2. The van der Waals surface area contributed by atoms with E-state index in [1.807, 2.05) is 46.8 Å². The van der Waals surface area contributed by atoms with Crippen molar-refractivity contribution in [3.05, 3.63) is 32.9 Å². The molecule has 0 fully saturated rings. The average Bonchev–Trinajstić information content (AvgIpc) is 2.36. The van der Waals surface area contributed by atoms with E-state index in [-0.39, 0.29) is 23.9 Å². The van der Waals surface area contributed by atoms with Crippen LogP contribution in [0, 0.1) is 10.5 Å². The van der Waals surface area contributed by atoms with Crippen LogP contribution in [0.4, 0.5) is 0 Å². The molecule has 0 unspecified atom stereocenters. The first-order valence-corrected chi connectivity index (χ1v) is 8.09. The highest BCUT2D eigenvalue weighted by molar-refractivity contribution is 14.1. The van der Waals surface area contributed by atoms with Gasteiger partial charge in [0.05, 0.1) is 12.1 Å². The van der Waals surface area contributed by atoms with Gasteiger partial charge in [-0.3, -0.25) is 9.59 Å². The number of rotatable bonds is 4. The summed E-state index contributed by atoms with van der Waals surface area (Å²) < 4.78 is 0.940. The molecule has 4 nitrogen and oxygen atoms in total. The molecule has 1 aromatic rings. The molecular weight excluding hydrogens is 379 g/mol. The molecule has 0 saturated heterocycles. The van der Waals surface area contributed by atoms with Crippen molar-refractivity contribution in [2.24, 2.45) is 0 Å². The van der Waals surface area contributed by atoms with Crippen molar-refractivity contribution in [1.29, 1.82) is 0 Å². The van der Waals surface area contributed by atoms with Crippen LogP contribution in [0.5, 0.6) is 0 Å². The van der Waals surface area contributed by atoms with Crippen molar-refractivity contribution in [2.45, 2.75) is 40.2 Å². The Morgan fingerprint density at radius 2 is 1.90 bits per heavy atom. The lowest BCUT2D eigenvalue weighted by Gasteiger charge is -2.25. The number of nitrogens with one attached hydrogen (secondary N) is 1. The first kappa shape index (κ1) is 17.9. The largest absolute Gasteiger partial charge is 0.350 e. The molecule has 0 bridgehead atoms. The van der Waals surface area contributed by atoms with Gasteiger partial charge in [-0.15, -0.1) is 0 Å². The Hall–Kier alpha value is -1.11.